The predicted octanol–water partition coefficient (Wildman–Crippen LogP) is 2.15. The van der Waals surface area contributed by atoms with Crippen LogP contribution in [0.15, 0.2) is 12.2 Å². The zero-order valence-corrected chi connectivity index (χ0v) is 7.68. The molecular formula is C9H16O2. The van der Waals surface area contributed by atoms with E-state index in [1.807, 2.05) is 27.7 Å². The van der Waals surface area contributed by atoms with Gasteiger partial charge in [-0.15, -0.1) is 0 Å². The van der Waals surface area contributed by atoms with E-state index in [2.05, 4.69) is 6.58 Å². The number of carbonyl (C=O) groups excluding carboxylic acids is 1. The van der Waals surface area contributed by atoms with Crippen molar-refractivity contribution < 1.29 is 9.53 Å². The highest BCUT2D eigenvalue weighted by atomic mass is 16.5. The summed E-state index contributed by atoms with van der Waals surface area (Å²) >= 11 is 0. The Labute approximate surface area is 68.2 Å². The fourth-order valence-electron chi connectivity index (χ4n) is 0.525. The van der Waals surface area contributed by atoms with Crippen LogP contribution in [0, 0.1) is 5.92 Å². The molecule has 0 radical (unpaired) electrons. The average Bonchev–Trinajstić information content (AvgIpc) is 1.84. The van der Waals surface area contributed by atoms with Crippen molar-refractivity contribution >= 4 is 5.97 Å². The number of carbonyl (C=O) groups is 1. The Balaban J connectivity index is 3.94. The van der Waals surface area contributed by atoms with Crippen molar-refractivity contribution in [2.75, 3.05) is 0 Å². The maximum absolute atomic E-state index is 11.1. The number of rotatable bonds is 3. The Kier molecular flexibility index (Phi) is 3.86. The first-order valence-electron chi connectivity index (χ1n) is 3.85. The molecule has 0 aromatic rings. The van der Waals surface area contributed by atoms with Gasteiger partial charge in [-0.05, 0) is 19.8 Å². The molecule has 0 atom stereocenters. The van der Waals surface area contributed by atoms with E-state index >= 15 is 0 Å². The summed E-state index contributed by atoms with van der Waals surface area (Å²) < 4.78 is 4.93. The molecule has 0 aromatic heterocycles. The van der Waals surface area contributed by atoms with Gasteiger partial charge in [0.05, 0.1) is 6.10 Å². The van der Waals surface area contributed by atoms with E-state index < -0.39 is 0 Å². The van der Waals surface area contributed by atoms with Gasteiger partial charge >= 0.3 is 5.97 Å². The summed E-state index contributed by atoms with van der Waals surface area (Å²) in [5.41, 5.74) is 0.540. The van der Waals surface area contributed by atoms with Crippen LogP contribution in [0.2, 0.25) is 0 Å². The lowest BCUT2D eigenvalue weighted by Crippen LogP contribution is -2.15. The van der Waals surface area contributed by atoms with E-state index in [1.54, 1.807) is 0 Å². The molecule has 0 unspecified atom stereocenters. The fraction of sp³-hybridized carbons (Fsp3) is 0.667. The maximum Gasteiger partial charge on any atom is 0.333 e. The third kappa shape index (κ3) is 3.81. The maximum atomic E-state index is 11.1. The molecule has 0 rings (SSSR count). The quantitative estimate of drug-likeness (QED) is 0.462. The second-order valence-electron chi connectivity index (χ2n) is 3.13. The van der Waals surface area contributed by atoms with Crippen LogP contribution in [-0.2, 0) is 9.53 Å². The van der Waals surface area contributed by atoms with E-state index in [0.29, 0.717) is 5.57 Å². The normalized spacial score (nSPS) is 10.4. The topological polar surface area (TPSA) is 26.3 Å². The zero-order chi connectivity index (χ0) is 9.02. The van der Waals surface area contributed by atoms with Crippen LogP contribution in [0.3, 0.4) is 0 Å². The van der Waals surface area contributed by atoms with Crippen molar-refractivity contribution in [3.05, 3.63) is 12.2 Å². The summed E-state index contributed by atoms with van der Waals surface area (Å²) in [6, 6.07) is 0. The van der Waals surface area contributed by atoms with E-state index in [-0.39, 0.29) is 18.0 Å². The molecule has 2 nitrogen and oxygen atoms in total. The Morgan fingerprint density at radius 3 is 2.00 bits per heavy atom. The highest BCUT2D eigenvalue weighted by Gasteiger charge is 2.12. The molecule has 11 heavy (non-hydrogen) atoms. The third-order valence-electron chi connectivity index (χ3n) is 1.30. The predicted molar refractivity (Wildman–Crippen MR) is 45.2 cm³/mol. The minimum atomic E-state index is -0.282. The van der Waals surface area contributed by atoms with E-state index in [0.717, 1.165) is 0 Å². The lowest BCUT2D eigenvalue weighted by molar-refractivity contribution is -0.143. The van der Waals surface area contributed by atoms with Crippen molar-refractivity contribution in [2.24, 2.45) is 5.92 Å². The lowest BCUT2D eigenvalue weighted by atomic mass is 10.1. The molecule has 2 heteroatoms. The Bertz CT molecular complexity index is 157. The molecule has 64 valence electrons. The summed E-state index contributed by atoms with van der Waals surface area (Å²) in [6.07, 6.45) is -0.0574. The molecule has 0 aliphatic heterocycles. The first kappa shape index (κ1) is 10.2. The molecule has 0 aliphatic carbocycles. The van der Waals surface area contributed by atoms with Crippen LogP contribution in [0.25, 0.3) is 0 Å². The Morgan fingerprint density at radius 2 is 1.73 bits per heavy atom. The second-order valence-corrected chi connectivity index (χ2v) is 3.13. The summed E-state index contributed by atoms with van der Waals surface area (Å²) in [7, 11) is 0. The third-order valence-corrected chi connectivity index (χ3v) is 1.30. The van der Waals surface area contributed by atoms with Gasteiger partial charge in [0.15, 0.2) is 0 Å². The van der Waals surface area contributed by atoms with Crippen molar-refractivity contribution in [1.29, 1.82) is 0 Å². The van der Waals surface area contributed by atoms with Crippen LogP contribution in [0.5, 0.6) is 0 Å². The summed E-state index contributed by atoms with van der Waals surface area (Å²) in [5.74, 6) is -0.115. The number of hydrogen-bond acceptors (Lipinski definition) is 2. The van der Waals surface area contributed by atoms with E-state index in [4.69, 9.17) is 4.74 Å². The van der Waals surface area contributed by atoms with Crippen LogP contribution < -0.4 is 0 Å². The second kappa shape index (κ2) is 4.16. The largest absolute Gasteiger partial charge is 0.460 e. The highest BCUT2D eigenvalue weighted by Crippen LogP contribution is 2.09. The van der Waals surface area contributed by atoms with Gasteiger partial charge < -0.3 is 4.74 Å². The molecule has 0 bridgehead atoms. The summed E-state index contributed by atoms with van der Waals surface area (Å²) in [4.78, 5) is 11.1. The summed E-state index contributed by atoms with van der Waals surface area (Å²) in [5, 5.41) is 0. The van der Waals surface area contributed by atoms with Crippen LogP contribution in [-0.4, -0.2) is 12.1 Å². The van der Waals surface area contributed by atoms with Crippen LogP contribution in [0.1, 0.15) is 27.7 Å². The number of ether oxygens (including phenoxy) is 1. The molecule has 0 aliphatic rings. The van der Waals surface area contributed by atoms with Gasteiger partial charge in [-0.2, -0.15) is 0 Å². The monoisotopic (exact) mass is 156 g/mol. The van der Waals surface area contributed by atoms with Gasteiger partial charge in [0, 0.05) is 5.57 Å². The van der Waals surface area contributed by atoms with Gasteiger partial charge in [-0.1, -0.05) is 20.4 Å². The molecule has 0 spiro atoms. The summed E-state index contributed by atoms with van der Waals surface area (Å²) in [6.45, 7) is 11.1. The first-order chi connectivity index (χ1) is 4.95. The molecule has 0 saturated heterocycles. The van der Waals surface area contributed by atoms with Crippen molar-refractivity contribution in [3.63, 3.8) is 0 Å². The van der Waals surface area contributed by atoms with E-state index in [1.165, 1.54) is 0 Å². The van der Waals surface area contributed by atoms with Gasteiger partial charge in [0.25, 0.3) is 0 Å². The van der Waals surface area contributed by atoms with E-state index in [9.17, 15) is 4.79 Å². The highest BCUT2D eigenvalue weighted by molar-refractivity contribution is 5.88. The average molecular weight is 156 g/mol. The molecule has 0 aromatic carbocycles. The molecule has 0 saturated carbocycles. The van der Waals surface area contributed by atoms with Crippen molar-refractivity contribution in [1.82, 2.24) is 0 Å². The smallest absolute Gasteiger partial charge is 0.333 e. The number of hydrogen-bond donors (Lipinski definition) is 0. The van der Waals surface area contributed by atoms with Gasteiger partial charge in [-0.25, -0.2) is 4.79 Å². The van der Waals surface area contributed by atoms with Crippen LogP contribution in [0.4, 0.5) is 0 Å². The van der Waals surface area contributed by atoms with Gasteiger partial charge in [0.2, 0.25) is 0 Å². The van der Waals surface area contributed by atoms with Gasteiger partial charge in [0.1, 0.15) is 0 Å². The standard InChI is InChI=1S/C9H16O2/c1-6(2)8(5)9(10)11-7(3)4/h6-7H,5H2,1-4H3. The fourth-order valence-corrected chi connectivity index (χ4v) is 0.525. The molecule has 0 fully saturated rings. The lowest BCUT2D eigenvalue weighted by Gasteiger charge is -2.11. The van der Waals surface area contributed by atoms with Crippen molar-refractivity contribution in [2.45, 2.75) is 33.8 Å². The Morgan fingerprint density at radius 1 is 1.27 bits per heavy atom. The zero-order valence-electron chi connectivity index (χ0n) is 7.68. The SMILES string of the molecule is C=C(C(=O)OC(C)C)C(C)C. The molecular weight excluding hydrogens is 140 g/mol. The Hall–Kier alpha value is -0.790. The first-order valence-corrected chi connectivity index (χ1v) is 3.85. The van der Waals surface area contributed by atoms with Gasteiger partial charge in [-0.3, -0.25) is 0 Å². The molecule has 0 heterocycles. The molecule has 0 N–H and O–H groups in total. The van der Waals surface area contributed by atoms with Crippen molar-refractivity contribution in [3.8, 4) is 0 Å². The molecule has 0 amide bonds. The minimum absolute atomic E-state index is 0.0574. The minimum Gasteiger partial charge on any atom is -0.460 e. The number of esters is 1. The van der Waals surface area contributed by atoms with Crippen LogP contribution >= 0.6 is 0 Å².